The molecule has 0 radical (unpaired) electrons. The molecule has 0 aliphatic rings. The van der Waals surface area contributed by atoms with Crippen LogP contribution in [0.3, 0.4) is 0 Å². The summed E-state index contributed by atoms with van der Waals surface area (Å²) in [5.41, 5.74) is 1.58. The van der Waals surface area contributed by atoms with E-state index < -0.39 is 6.10 Å². The van der Waals surface area contributed by atoms with Crippen molar-refractivity contribution in [3.05, 3.63) is 23.5 Å². The number of fused-ring (bicyclic) bond motifs is 1. The highest BCUT2D eigenvalue weighted by molar-refractivity contribution is 5.97. The number of hydrogen-bond donors (Lipinski definition) is 2. The summed E-state index contributed by atoms with van der Waals surface area (Å²) in [7, 11) is 0. The Labute approximate surface area is 110 Å². The van der Waals surface area contributed by atoms with Crippen LogP contribution in [0.5, 0.6) is 0 Å². The third kappa shape index (κ3) is 3.08. The number of hydrogen-bond acceptors (Lipinski definition) is 5. The summed E-state index contributed by atoms with van der Waals surface area (Å²) >= 11 is 0. The van der Waals surface area contributed by atoms with Crippen LogP contribution >= 0.6 is 0 Å². The summed E-state index contributed by atoms with van der Waals surface area (Å²) in [5, 5.41) is 16.6. The molecule has 102 valence electrons. The fourth-order valence-electron chi connectivity index (χ4n) is 1.95. The fraction of sp³-hybridized carbons (Fsp3) is 0.462. The number of pyridine rings is 1. The Morgan fingerprint density at radius 1 is 1.53 bits per heavy atom. The van der Waals surface area contributed by atoms with Crippen molar-refractivity contribution >= 4 is 17.0 Å². The van der Waals surface area contributed by atoms with Gasteiger partial charge in [-0.3, -0.25) is 4.79 Å². The number of nitrogens with zero attached hydrogens (tertiary/aromatic N) is 2. The van der Waals surface area contributed by atoms with Crippen molar-refractivity contribution in [2.24, 2.45) is 0 Å². The zero-order valence-corrected chi connectivity index (χ0v) is 11.2. The Balaban J connectivity index is 2.14. The predicted octanol–water partition coefficient (Wildman–Crippen LogP) is 1.42. The Morgan fingerprint density at radius 2 is 2.26 bits per heavy atom. The van der Waals surface area contributed by atoms with Crippen molar-refractivity contribution in [2.75, 3.05) is 0 Å². The second kappa shape index (κ2) is 5.36. The first-order valence-electron chi connectivity index (χ1n) is 6.18. The van der Waals surface area contributed by atoms with E-state index in [0.717, 1.165) is 5.39 Å². The molecule has 6 heteroatoms. The molecule has 0 spiro atoms. The molecule has 0 aliphatic carbocycles. The molecule has 0 aromatic carbocycles. The fourth-order valence-corrected chi connectivity index (χ4v) is 1.95. The van der Waals surface area contributed by atoms with Crippen LogP contribution in [0.15, 0.2) is 16.8 Å². The molecule has 0 aliphatic heterocycles. The van der Waals surface area contributed by atoms with E-state index >= 15 is 0 Å². The lowest BCUT2D eigenvalue weighted by Crippen LogP contribution is -2.34. The van der Waals surface area contributed by atoms with Gasteiger partial charge in [-0.2, -0.15) is 0 Å². The maximum Gasteiger partial charge on any atom is 0.257 e. The predicted molar refractivity (Wildman–Crippen MR) is 69.8 cm³/mol. The van der Waals surface area contributed by atoms with Crippen LogP contribution in [0, 0.1) is 6.92 Å². The molecule has 0 saturated carbocycles. The Kier molecular flexibility index (Phi) is 3.80. The molecule has 2 heterocycles. The molecule has 2 aromatic heterocycles. The molecule has 2 unspecified atom stereocenters. The minimum absolute atomic E-state index is 0.105. The normalized spacial score (nSPS) is 14.3. The SMILES string of the molecule is Cc1noc2ncc(C(=O)NC(C)CC(C)O)cc12. The molecule has 0 fully saturated rings. The monoisotopic (exact) mass is 263 g/mol. The average molecular weight is 263 g/mol. The third-order valence-electron chi connectivity index (χ3n) is 2.84. The van der Waals surface area contributed by atoms with Crippen molar-refractivity contribution in [2.45, 2.75) is 39.3 Å². The Morgan fingerprint density at radius 3 is 2.95 bits per heavy atom. The van der Waals surface area contributed by atoms with Gasteiger partial charge in [0, 0.05) is 12.2 Å². The van der Waals surface area contributed by atoms with E-state index in [9.17, 15) is 9.90 Å². The van der Waals surface area contributed by atoms with E-state index in [1.807, 2.05) is 6.92 Å². The number of rotatable bonds is 4. The van der Waals surface area contributed by atoms with E-state index in [1.54, 1.807) is 19.9 Å². The second-order valence-electron chi connectivity index (χ2n) is 4.80. The number of aliphatic hydroxyl groups is 1. The van der Waals surface area contributed by atoms with Crippen LogP contribution in [0.4, 0.5) is 0 Å². The van der Waals surface area contributed by atoms with Crippen LogP contribution in [0.2, 0.25) is 0 Å². The topological polar surface area (TPSA) is 88.2 Å². The quantitative estimate of drug-likeness (QED) is 0.871. The summed E-state index contributed by atoms with van der Waals surface area (Å²) in [6, 6.07) is 1.60. The van der Waals surface area contributed by atoms with Gasteiger partial charge in [-0.1, -0.05) is 5.16 Å². The van der Waals surface area contributed by atoms with Gasteiger partial charge in [-0.15, -0.1) is 0 Å². The van der Waals surface area contributed by atoms with Gasteiger partial charge < -0.3 is 14.9 Å². The van der Waals surface area contributed by atoms with Crippen LogP contribution in [0.1, 0.15) is 36.3 Å². The number of carbonyl (C=O) groups is 1. The molecule has 2 atom stereocenters. The van der Waals surface area contributed by atoms with Crippen molar-refractivity contribution in [1.29, 1.82) is 0 Å². The van der Waals surface area contributed by atoms with Crippen molar-refractivity contribution in [1.82, 2.24) is 15.5 Å². The molecule has 0 bridgehead atoms. The molecule has 19 heavy (non-hydrogen) atoms. The lowest BCUT2D eigenvalue weighted by molar-refractivity contribution is 0.0923. The number of aromatic nitrogens is 2. The van der Waals surface area contributed by atoms with Crippen LogP contribution in [-0.2, 0) is 0 Å². The smallest absolute Gasteiger partial charge is 0.257 e. The van der Waals surface area contributed by atoms with Gasteiger partial charge in [0.15, 0.2) is 0 Å². The standard InChI is InChI=1S/C13H17N3O3/c1-7(4-8(2)17)15-12(18)10-5-11-9(3)16-19-13(11)14-6-10/h5-8,17H,4H2,1-3H3,(H,15,18). The lowest BCUT2D eigenvalue weighted by atomic mass is 10.1. The summed E-state index contributed by atoms with van der Waals surface area (Å²) in [6.07, 6.45) is 1.52. The Hall–Kier alpha value is -1.95. The van der Waals surface area contributed by atoms with Gasteiger partial charge in [0.1, 0.15) is 0 Å². The van der Waals surface area contributed by atoms with Crippen LogP contribution in [0.25, 0.3) is 11.1 Å². The molecular weight excluding hydrogens is 246 g/mol. The number of aryl methyl sites for hydroxylation is 1. The summed E-state index contributed by atoms with van der Waals surface area (Å²) < 4.78 is 4.99. The Bertz CT molecular complexity index is 592. The van der Waals surface area contributed by atoms with E-state index in [2.05, 4.69) is 15.5 Å². The maximum absolute atomic E-state index is 12.0. The molecule has 6 nitrogen and oxygen atoms in total. The second-order valence-corrected chi connectivity index (χ2v) is 4.80. The van der Waals surface area contributed by atoms with Gasteiger partial charge in [-0.05, 0) is 33.3 Å². The van der Waals surface area contributed by atoms with Crippen molar-refractivity contribution in [3.8, 4) is 0 Å². The maximum atomic E-state index is 12.0. The number of amides is 1. The molecule has 2 N–H and O–H groups in total. The highest BCUT2D eigenvalue weighted by Gasteiger charge is 2.14. The first-order valence-corrected chi connectivity index (χ1v) is 6.18. The van der Waals surface area contributed by atoms with Crippen LogP contribution < -0.4 is 5.32 Å². The highest BCUT2D eigenvalue weighted by Crippen LogP contribution is 2.16. The number of aliphatic hydroxyl groups excluding tert-OH is 1. The minimum Gasteiger partial charge on any atom is -0.393 e. The molecule has 0 saturated heterocycles. The van der Waals surface area contributed by atoms with Gasteiger partial charge in [0.2, 0.25) is 0 Å². The highest BCUT2D eigenvalue weighted by atomic mass is 16.5. The summed E-state index contributed by atoms with van der Waals surface area (Å²) in [4.78, 5) is 16.1. The van der Waals surface area contributed by atoms with E-state index in [1.165, 1.54) is 6.20 Å². The van der Waals surface area contributed by atoms with Gasteiger partial charge in [0.05, 0.1) is 22.7 Å². The summed E-state index contributed by atoms with van der Waals surface area (Å²) in [5.74, 6) is -0.219. The third-order valence-corrected chi connectivity index (χ3v) is 2.84. The lowest BCUT2D eigenvalue weighted by Gasteiger charge is -2.15. The first kappa shape index (κ1) is 13.5. The molecule has 2 aromatic rings. The molecular formula is C13H17N3O3. The van der Waals surface area contributed by atoms with E-state index in [0.29, 0.717) is 23.4 Å². The van der Waals surface area contributed by atoms with Crippen LogP contribution in [-0.4, -0.2) is 33.3 Å². The number of nitrogens with one attached hydrogen (secondary N) is 1. The van der Waals surface area contributed by atoms with E-state index in [4.69, 9.17) is 4.52 Å². The van der Waals surface area contributed by atoms with Crippen molar-refractivity contribution in [3.63, 3.8) is 0 Å². The minimum atomic E-state index is -0.448. The van der Waals surface area contributed by atoms with E-state index in [-0.39, 0.29) is 11.9 Å². The zero-order valence-electron chi connectivity index (χ0n) is 11.2. The van der Waals surface area contributed by atoms with Gasteiger partial charge in [-0.25, -0.2) is 4.98 Å². The average Bonchev–Trinajstić information content (AvgIpc) is 2.69. The van der Waals surface area contributed by atoms with Gasteiger partial charge in [0.25, 0.3) is 11.6 Å². The first-order chi connectivity index (χ1) is 8.97. The summed E-state index contributed by atoms with van der Waals surface area (Å²) in [6.45, 7) is 5.34. The molecule has 2 rings (SSSR count). The largest absolute Gasteiger partial charge is 0.393 e. The number of carbonyl (C=O) groups excluding carboxylic acids is 1. The molecule has 1 amide bonds. The van der Waals surface area contributed by atoms with Crippen molar-refractivity contribution < 1.29 is 14.4 Å². The zero-order chi connectivity index (χ0) is 14.0. The van der Waals surface area contributed by atoms with Gasteiger partial charge >= 0.3 is 0 Å².